The molecule has 2 heterocycles. The Labute approximate surface area is 124 Å². The highest BCUT2D eigenvalue weighted by Crippen LogP contribution is 2.26. The molecule has 6 heteroatoms. The Balaban J connectivity index is 2.09. The van der Waals surface area contributed by atoms with Crippen LogP contribution in [0.3, 0.4) is 0 Å². The lowest BCUT2D eigenvalue weighted by atomic mass is 9.93. The standard InChI is InChI=1S/C14H24N4OS/c1-14(2,3)11-9-20-12(16-11)8-18-7-5-4-6-10(18)13(15)17-19/h9-10,19H,4-8H2,1-3H3,(H2,15,17). The van der Waals surface area contributed by atoms with Crippen LogP contribution in [0.2, 0.25) is 0 Å². The van der Waals surface area contributed by atoms with Crippen LogP contribution in [0.5, 0.6) is 0 Å². The van der Waals surface area contributed by atoms with Gasteiger partial charge in [0.2, 0.25) is 0 Å². The van der Waals surface area contributed by atoms with Gasteiger partial charge in [0.15, 0.2) is 5.84 Å². The van der Waals surface area contributed by atoms with Crippen molar-refractivity contribution in [3.8, 4) is 0 Å². The van der Waals surface area contributed by atoms with Gasteiger partial charge in [-0.25, -0.2) is 4.98 Å². The second kappa shape index (κ2) is 6.10. The summed E-state index contributed by atoms with van der Waals surface area (Å²) in [6, 6.07) is 0.0377. The van der Waals surface area contributed by atoms with Gasteiger partial charge in [0, 0.05) is 10.8 Å². The molecule has 0 bridgehead atoms. The molecule has 1 fully saturated rings. The topological polar surface area (TPSA) is 74.7 Å². The minimum absolute atomic E-state index is 0.0377. The van der Waals surface area contributed by atoms with E-state index in [0.29, 0.717) is 5.84 Å². The number of piperidine rings is 1. The van der Waals surface area contributed by atoms with E-state index in [0.717, 1.165) is 43.1 Å². The number of oxime groups is 1. The van der Waals surface area contributed by atoms with Crippen molar-refractivity contribution in [3.05, 3.63) is 16.1 Å². The first-order chi connectivity index (χ1) is 9.41. The maximum Gasteiger partial charge on any atom is 0.156 e. The number of rotatable bonds is 3. The third-order valence-electron chi connectivity index (χ3n) is 3.73. The van der Waals surface area contributed by atoms with Gasteiger partial charge in [-0.2, -0.15) is 0 Å². The quantitative estimate of drug-likeness (QED) is 0.389. The summed E-state index contributed by atoms with van der Waals surface area (Å²) in [5.74, 6) is 0.317. The maximum absolute atomic E-state index is 8.90. The molecule has 1 aliphatic heterocycles. The highest BCUT2D eigenvalue weighted by atomic mass is 32.1. The van der Waals surface area contributed by atoms with Crippen LogP contribution in [-0.4, -0.2) is 33.5 Å². The molecule has 1 unspecified atom stereocenters. The molecule has 0 aromatic carbocycles. The highest BCUT2D eigenvalue weighted by molar-refractivity contribution is 7.09. The predicted octanol–water partition coefficient (Wildman–Crippen LogP) is 2.54. The van der Waals surface area contributed by atoms with E-state index in [4.69, 9.17) is 15.9 Å². The van der Waals surface area contributed by atoms with Gasteiger partial charge in [-0.05, 0) is 19.4 Å². The fraction of sp³-hybridized carbons (Fsp3) is 0.714. The molecular formula is C14H24N4OS. The molecule has 1 atom stereocenters. The number of hydrogen-bond donors (Lipinski definition) is 2. The SMILES string of the molecule is CC(C)(C)c1csc(CN2CCCCC2C(N)=NO)n1. The maximum atomic E-state index is 8.90. The summed E-state index contributed by atoms with van der Waals surface area (Å²) in [6.45, 7) is 8.27. The van der Waals surface area contributed by atoms with E-state index < -0.39 is 0 Å². The lowest BCUT2D eigenvalue weighted by Gasteiger charge is -2.34. The molecule has 1 aliphatic rings. The zero-order valence-corrected chi connectivity index (χ0v) is 13.3. The van der Waals surface area contributed by atoms with Crippen LogP contribution < -0.4 is 5.73 Å². The van der Waals surface area contributed by atoms with Crippen molar-refractivity contribution in [3.63, 3.8) is 0 Å². The Hall–Kier alpha value is -1.14. The largest absolute Gasteiger partial charge is 0.409 e. The first-order valence-corrected chi connectivity index (χ1v) is 7.96. The number of likely N-dealkylation sites (tertiary alicyclic amines) is 1. The number of nitrogens with two attached hydrogens (primary N) is 1. The summed E-state index contributed by atoms with van der Waals surface area (Å²) >= 11 is 1.70. The Bertz CT molecular complexity index is 478. The molecule has 5 nitrogen and oxygen atoms in total. The Morgan fingerprint density at radius 2 is 2.30 bits per heavy atom. The van der Waals surface area contributed by atoms with Crippen molar-refractivity contribution >= 4 is 17.2 Å². The fourth-order valence-electron chi connectivity index (χ4n) is 2.48. The fourth-order valence-corrected chi connectivity index (χ4v) is 3.53. The van der Waals surface area contributed by atoms with Gasteiger partial charge in [0.25, 0.3) is 0 Å². The Kier molecular flexibility index (Phi) is 4.65. The van der Waals surface area contributed by atoms with Crippen molar-refractivity contribution in [2.45, 2.75) is 58.0 Å². The summed E-state index contributed by atoms with van der Waals surface area (Å²) < 4.78 is 0. The van der Waals surface area contributed by atoms with Gasteiger partial charge >= 0.3 is 0 Å². The van der Waals surface area contributed by atoms with Crippen molar-refractivity contribution in [1.82, 2.24) is 9.88 Å². The lowest BCUT2D eigenvalue weighted by Crippen LogP contribution is -2.47. The first-order valence-electron chi connectivity index (χ1n) is 7.08. The van der Waals surface area contributed by atoms with E-state index in [1.54, 1.807) is 11.3 Å². The van der Waals surface area contributed by atoms with Crippen LogP contribution in [-0.2, 0) is 12.0 Å². The second-order valence-electron chi connectivity index (χ2n) is 6.38. The van der Waals surface area contributed by atoms with Gasteiger partial charge in [-0.3, -0.25) is 4.90 Å². The van der Waals surface area contributed by atoms with Crippen molar-refractivity contribution in [1.29, 1.82) is 0 Å². The minimum atomic E-state index is 0.0377. The summed E-state index contributed by atoms with van der Waals surface area (Å²) in [5.41, 5.74) is 7.03. The molecule has 1 saturated heterocycles. The third-order valence-corrected chi connectivity index (χ3v) is 4.56. The van der Waals surface area contributed by atoms with E-state index in [1.807, 2.05) is 0 Å². The smallest absolute Gasteiger partial charge is 0.156 e. The summed E-state index contributed by atoms with van der Waals surface area (Å²) in [5, 5.41) is 15.3. The van der Waals surface area contributed by atoms with Crippen LogP contribution in [0.4, 0.5) is 0 Å². The molecule has 0 radical (unpaired) electrons. The number of hydrogen-bond acceptors (Lipinski definition) is 5. The monoisotopic (exact) mass is 296 g/mol. The van der Waals surface area contributed by atoms with Gasteiger partial charge in [-0.15, -0.1) is 11.3 Å². The van der Waals surface area contributed by atoms with Crippen LogP contribution in [0.25, 0.3) is 0 Å². The zero-order chi connectivity index (χ0) is 14.8. The molecule has 1 aromatic heterocycles. The van der Waals surface area contributed by atoms with Crippen molar-refractivity contribution < 1.29 is 5.21 Å². The number of aromatic nitrogens is 1. The number of nitrogens with zero attached hydrogens (tertiary/aromatic N) is 3. The predicted molar refractivity (Wildman–Crippen MR) is 82.3 cm³/mol. The van der Waals surface area contributed by atoms with E-state index in [1.165, 1.54) is 0 Å². The normalized spacial score (nSPS) is 22.1. The van der Waals surface area contributed by atoms with Crippen LogP contribution >= 0.6 is 11.3 Å². The van der Waals surface area contributed by atoms with Gasteiger partial charge in [-0.1, -0.05) is 32.3 Å². The van der Waals surface area contributed by atoms with Crippen LogP contribution in [0.1, 0.15) is 50.7 Å². The Morgan fingerprint density at radius 1 is 1.55 bits per heavy atom. The van der Waals surface area contributed by atoms with E-state index >= 15 is 0 Å². The first kappa shape index (κ1) is 15.3. The van der Waals surface area contributed by atoms with Crippen LogP contribution in [0.15, 0.2) is 10.5 Å². The molecule has 3 N–H and O–H groups in total. The van der Waals surface area contributed by atoms with E-state index in [9.17, 15) is 0 Å². The van der Waals surface area contributed by atoms with Crippen LogP contribution in [0, 0.1) is 0 Å². The van der Waals surface area contributed by atoms with E-state index in [2.05, 4.69) is 36.2 Å². The molecule has 0 saturated carbocycles. The van der Waals surface area contributed by atoms with Crippen molar-refractivity contribution in [2.24, 2.45) is 10.9 Å². The highest BCUT2D eigenvalue weighted by Gasteiger charge is 2.27. The van der Waals surface area contributed by atoms with Gasteiger partial charge in [0.1, 0.15) is 5.01 Å². The molecule has 0 aliphatic carbocycles. The number of amidine groups is 1. The average molecular weight is 296 g/mol. The van der Waals surface area contributed by atoms with Gasteiger partial charge in [0.05, 0.1) is 18.3 Å². The molecule has 20 heavy (non-hydrogen) atoms. The molecule has 0 amide bonds. The van der Waals surface area contributed by atoms with E-state index in [-0.39, 0.29) is 11.5 Å². The zero-order valence-electron chi connectivity index (χ0n) is 12.5. The lowest BCUT2D eigenvalue weighted by molar-refractivity contribution is 0.178. The minimum Gasteiger partial charge on any atom is -0.409 e. The summed E-state index contributed by atoms with van der Waals surface area (Å²) in [7, 11) is 0. The van der Waals surface area contributed by atoms with Crippen molar-refractivity contribution in [2.75, 3.05) is 6.54 Å². The Morgan fingerprint density at radius 3 is 2.90 bits per heavy atom. The number of thiazole rings is 1. The summed E-state index contributed by atoms with van der Waals surface area (Å²) in [4.78, 5) is 7.00. The average Bonchev–Trinajstić information content (AvgIpc) is 2.87. The molecular weight excluding hydrogens is 272 g/mol. The third kappa shape index (κ3) is 3.49. The molecule has 1 aromatic rings. The molecule has 0 spiro atoms. The molecule has 112 valence electrons. The van der Waals surface area contributed by atoms with Gasteiger partial charge < -0.3 is 10.9 Å². The summed E-state index contributed by atoms with van der Waals surface area (Å²) in [6.07, 6.45) is 3.24. The molecule has 2 rings (SSSR count). The second-order valence-corrected chi connectivity index (χ2v) is 7.33.